The Morgan fingerprint density at radius 1 is 0.909 bits per heavy atom. The van der Waals surface area contributed by atoms with Gasteiger partial charge in [0.05, 0.1) is 12.7 Å². The molecule has 0 bridgehead atoms. The van der Waals surface area contributed by atoms with Crippen molar-refractivity contribution in [3.05, 3.63) is 70.8 Å². The van der Waals surface area contributed by atoms with Gasteiger partial charge >= 0.3 is 5.97 Å². The Labute approximate surface area is 137 Å². The summed E-state index contributed by atoms with van der Waals surface area (Å²) in [4.78, 5) is 22.6. The normalized spacial score (nSPS) is 11.1. The van der Waals surface area contributed by atoms with Crippen molar-refractivity contribution in [2.24, 2.45) is 0 Å². The van der Waals surface area contributed by atoms with Crippen molar-refractivity contribution in [2.45, 2.75) is 6.92 Å². The number of carbonyl (C=O) groups excluding carboxylic acids is 2. The van der Waals surface area contributed by atoms with Gasteiger partial charge in [0, 0.05) is 10.0 Å². The maximum atomic E-state index is 11.4. The Balaban J connectivity index is 2.21. The van der Waals surface area contributed by atoms with Gasteiger partial charge < -0.3 is 4.74 Å². The topological polar surface area (TPSA) is 43.4 Å². The van der Waals surface area contributed by atoms with E-state index in [1.54, 1.807) is 31.2 Å². The van der Waals surface area contributed by atoms with Crippen LogP contribution in [0.5, 0.6) is 0 Å². The average Bonchev–Trinajstić information content (AvgIpc) is 2.54. The van der Waals surface area contributed by atoms with Crippen LogP contribution in [0.1, 0.15) is 38.8 Å². The number of halogens is 1. The predicted molar refractivity (Wildman–Crippen MR) is 91.0 cm³/mol. The van der Waals surface area contributed by atoms with E-state index in [1.165, 1.54) is 7.11 Å². The summed E-state index contributed by atoms with van der Waals surface area (Å²) in [5.41, 5.74) is 3.13. The number of rotatable bonds is 4. The molecular weight excluding hydrogens is 344 g/mol. The molecule has 0 atom stereocenters. The van der Waals surface area contributed by atoms with Gasteiger partial charge in [-0.15, -0.1) is 0 Å². The third-order valence-electron chi connectivity index (χ3n) is 3.19. The van der Waals surface area contributed by atoms with E-state index >= 15 is 0 Å². The quantitative estimate of drug-likeness (QED) is 0.456. The maximum absolute atomic E-state index is 11.4. The standard InChI is InChI=1S/C18H15BrO3/c1-12(20)14-7-9-15(10-8-14)17(19)11-13-3-5-16(6-4-13)18(21)22-2/h3-11H,1-2H3/b17-11-. The number of ether oxygens (including phenoxy) is 1. The molecule has 2 aromatic carbocycles. The van der Waals surface area contributed by atoms with Gasteiger partial charge in [0.1, 0.15) is 0 Å². The molecule has 0 aliphatic rings. The van der Waals surface area contributed by atoms with Crippen LogP contribution in [-0.2, 0) is 4.74 Å². The van der Waals surface area contributed by atoms with Crippen molar-refractivity contribution < 1.29 is 14.3 Å². The number of ketones is 1. The molecule has 0 unspecified atom stereocenters. The zero-order valence-corrected chi connectivity index (χ0v) is 13.9. The van der Waals surface area contributed by atoms with Crippen LogP contribution in [0.4, 0.5) is 0 Å². The highest BCUT2D eigenvalue weighted by molar-refractivity contribution is 9.15. The molecule has 0 amide bonds. The minimum Gasteiger partial charge on any atom is -0.465 e. The summed E-state index contributed by atoms with van der Waals surface area (Å²) < 4.78 is 5.56. The lowest BCUT2D eigenvalue weighted by atomic mass is 10.1. The molecule has 0 saturated carbocycles. The van der Waals surface area contributed by atoms with Crippen LogP contribution in [0.15, 0.2) is 48.5 Å². The van der Waals surface area contributed by atoms with Crippen molar-refractivity contribution in [3.63, 3.8) is 0 Å². The van der Waals surface area contributed by atoms with Gasteiger partial charge in [-0.2, -0.15) is 0 Å². The first kappa shape index (κ1) is 16.2. The van der Waals surface area contributed by atoms with Gasteiger partial charge in [0.15, 0.2) is 5.78 Å². The lowest BCUT2D eigenvalue weighted by molar-refractivity contribution is 0.0600. The van der Waals surface area contributed by atoms with Gasteiger partial charge in [0.2, 0.25) is 0 Å². The molecule has 0 heterocycles. The second-order valence-corrected chi connectivity index (χ2v) is 5.59. The number of benzene rings is 2. The fourth-order valence-electron chi connectivity index (χ4n) is 1.93. The van der Waals surface area contributed by atoms with Gasteiger partial charge in [-0.3, -0.25) is 4.79 Å². The third kappa shape index (κ3) is 3.92. The number of methoxy groups -OCH3 is 1. The Kier molecular flexibility index (Phi) is 5.28. The molecular formula is C18H15BrO3. The zero-order chi connectivity index (χ0) is 16.1. The molecule has 0 spiro atoms. The SMILES string of the molecule is COC(=O)c1ccc(/C=C(\Br)c2ccc(C(C)=O)cc2)cc1. The van der Waals surface area contributed by atoms with Gasteiger partial charge in [0.25, 0.3) is 0 Å². The van der Waals surface area contributed by atoms with Crippen LogP contribution in [0, 0.1) is 0 Å². The highest BCUT2D eigenvalue weighted by atomic mass is 79.9. The maximum Gasteiger partial charge on any atom is 0.337 e. The molecule has 4 heteroatoms. The minimum absolute atomic E-state index is 0.0463. The molecule has 0 fully saturated rings. The number of hydrogen-bond acceptors (Lipinski definition) is 3. The zero-order valence-electron chi connectivity index (χ0n) is 12.3. The number of esters is 1. The predicted octanol–water partition coefficient (Wildman–Crippen LogP) is 4.57. The molecule has 2 aromatic rings. The van der Waals surface area contributed by atoms with E-state index in [1.807, 2.05) is 30.3 Å². The first-order valence-corrected chi connectivity index (χ1v) is 7.47. The van der Waals surface area contributed by atoms with E-state index in [9.17, 15) is 9.59 Å². The van der Waals surface area contributed by atoms with Crippen molar-refractivity contribution in [3.8, 4) is 0 Å². The Bertz CT molecular complexity index is 713. The molecule has 0 aromatic heterocycles. The lowest BCUT2D eigenvalue weighted by Crippen LogP contribution is -2.00. The largest absolute Gasteiger partial charge is 0.465 e. The van der Waals surface area contributed by atoms with Crippen LogP contribution in [-0.4, -0.2) is 18.9 Å². The average molecular weight is 359 g/mol. The van der Waals surface area contributed by atoms with Crippen molar-refractivity contribution in [2.75, 3.05) is 7.11 Å². The number of hydrogen-bond donors (Lipinski definition) is 0. The molecule has 0 saturated heterocycles. The summed E-state index contributed by atoms with van der Waals surface area (Å²) in [6.07, 6.45) is 1.95. The summed E-state index contributed by atoms with van der Waals surface area (Å²) in [6.45, 7) is 1.54. The Hall–Kier alpha value is -2.20. The number of carbonyl (C=O) groups is 2. The fraction of sp³-hybridized carbons (Fsp3) is 0.111. The van der Waals surface area contributed by atoms with Crippen LogP contribution >= 0.6 is 15.9 Å². The first-order valence-electron chi connectivity index (χ1n) is 6.68. The summed E-state index contributed by atoms with van der Waals surface area (Å²) >= 11 is 3.53. The van der Waals surface area contributed by atoms with E-state index in [0.29, 0.717) is 11.1 Å². The fourth-order valence-corrected chi connectivity index (χ4v) is 2.46. The molecule has 0 radical (unpaired) electrons. The summed E-state index contributed by atoms with van der Waals surface area (Å²) in [5.74, 6) is -0.306. The first-order chi connectivity index (χ1) is 10.5. The van der Waals surface area contributed by atoms with Gasteiger partial charge in [-0.1, -0.05) is 52.3 Å². The molecule has 0 aliphatic heterocycles. The molecule has 112 valence electrons. The van der Waals surface area contributed by atoms with Crippen LogP contribution in [0.3, 0.4) is 0 Å². The van der Waals surface area contributed by atoms with Crippen molar-refractivity contribution in [1.82, 2.24) is 0 Å². The summed E-state index contributed by atoms with van der Waals surface area (Å²) in [5, 5.41) is 0. The lowest BCUT2D eigenvalue weighted by Gasteiger charge is -2.03. The monoisotopic (exact) mass is 358 g/mol. The Morgan fingerprint density at radius 2 is 1.41 bits per heavy atom. The third-order valence-corrected chi connectivity index (χ3v) is 3.88. The summed E-state index contributed by atoms with van der Waals surface area (Å²) in [7, 11) is 1.36. The van der Waals surface area contributed by atoms with E-state index in [4.69, 9.17) is 0 Å². The van der Waals surface area contributed by atoms with Crippen LogP contribution in [0.25, 0.3) is 10.6 Å². The van der Waals surface area contributed by atoms with Crippen LogP contribution < -0.4 is 0 Å². The minimum atomic E-state index is -0.352. The Morgan fingerprint density at radius 3 is 1.91 bits per heavy atom. The molecule has 0 N–H and O–H groups in total. The number of Topliss-reactive ketones (excluding diaryl/α,β-unsaturated/α-hetero) is 1. The van der Waals surface area contributed by atoms with E-state index < -0.39 is 0 Å². The molecule has 3 nitrogen and oxygen atoms in total. The highest BCUT2D eigenvalue weighted by Gasteiger charge is 2.05. The summed E-state index contributed by atoms with van der Waals surface area (Å²) in [6, 6.07) is 14.5. The van der Waals surface area contributed by atoms with Crippen molar-refractivity contribution in [1.29, 1.82) is 0 Å². The smallest absolute Gasteiger partial charge is 0.337 e. The van der Waals surface area contributed by atoms with E-state index in [2.05, 4.69) is 20.7 Å². The van der Waals surface area contributed by atoms with Gasteiger partial charge in [-0.25, -0.2) is 4.79 Å². The van der Waals surface area contributed by atoms with E-state index in [-0.39, 0.29) is 11.8 Å². The van der Waals surface area contributed by atoms with Crippen molar-refractivity contribution >= 4 is 38.2 Å². The molecule has 0 aliphatic carbocycles. The van der Waals surface area contributed by atoms with Gasteiger partial charge in [-0.05, 0) is 36.3 Å². The second kappa shape index (κ2) is 7.18. The van der Waals surface area contributed by atoms with Crippen LogP contribution in [0.2, 0.25) is 0 Å². The van der Waals surface area contributed by atoms with E-state index in [0.717, 1.165) is 15.6 Å². The highest BCUT2D eigenvalue weighted by Crippen LogP contribution is 2.24. The second-order valence-electron chi connectivity index (χ2n) is 4.74. The molecule has 2 rings (SSSR count). The molecule has 22 heavy (non-hydrogen) atoms.